The molecule has 0 unspecified atom stereocenters. The van der Waals surface area contributed by atoms with E-state index in [2.05, 4.69) is 23.2 Å². The standard InChI is InChI=1S/C24H27N3O3S/c1-16-9-19(10-18-5-4-6-21(11-18)29-3)12-22(25-16)23-14-27(7-8-30-23)24(28)13-20-15-31-17(2)26-20/h4-6,9,11-12,15,23H,7-8,10,13-14H2,1-3H3/t23-/m0/s1. The molecule has 1 aliphatic heterocycles. The van der Waals surface area contributed by atoms with Gasteiger partial charge in [-0.1, -0.05) is 12.1 Å². The van der Waals surface area contributed by atoms with Crippen LogP contribution in [0.25, 0.3) is 0 Å². The van der Waals surface area contributed by atoms with Gasteiger partial charge in [0.05, 0.1) is 43.1 Å². The van der Waals surface area contributed by atoms with Crippen molar-refractivity contribution in [3.63, 3.8) is 0 Å². The first kappa shape index (κ1) is 21.5. The highest BCUT2D eigenvalue weighted by molar-refractivity contribution is 7.09. The minimum Gasteiger partial charge on any atom is -0.497 e. The van der Waals surface area contributed by atoms with Crippen LogP contribution in [0, 0.1) is 13.8 Å². The van der Waals surface area contributed by atoms with Crippen molar-refractivity contribution in [2.24, 2.45) is 0 Å². The molecule has 7 heteroatoms. The molecule has 1 amide bonds. The SMILES string of the molecule is COc1cccc(Cc2cc(C)nc([C@@H]3CN(C(=O)Cc4csc(C)n4)CCO3)c2)c1. The molecule has 162 valence electrons. The van der Waals surface area contributed by atoms with Crippen LogP contribution in [0.3, 0.4) is 0 Å². The maximum atomic E-state index is 12.8. The minimum atomic E-state index is -0.223. The van der Waals surface area contributed by atoms with Crippen LogP contribution in [0.15, 0.2) is 41.8 Å². The second-order valence-corrected chi connectivity index (χ2v) is 8.87. The molecular weight excluding hydrogens is 410 g/mol. The van der Waals surface area contributed by atoms with Crippen molar-refractivity contribution in [3.8, 4) is 5.75 Å². The number of hydrogen-bond acceptors (Lipinski definition) is 6. The highest BCUT2D eigenvalue weighted by Gasteiger charge is 2.27. The summed E-state index contributed by atoms with van der Waals surface area (Å²) in [6.07, 6.45) is 0.893. The number of aromatic nitrogens is 2. The Hall–Kier alpha value is -2.77. The number of benzene rings is 1. The van der Waals surface area contributed by atoms with Crippen molar-refractivity contribution in [3.05, 3.63) is 75.0 Å². The molecule has 6 nitrogen and oxygen atoms in total. The van der Waals surface area contributed by atoms with Crippen LogP contribution in [-0.4, -0.2) is 47.6 Å². The lowest BCUT2D eigenvalue weighted by molar-refractivity contribution is -0.138. The minimum absolute atomic E-state index is 0.0860. The number of carbonyl (C=O) groups excluding carboxylic acids is 1. The summed E-state index contributed by atoms with van der Waals surface area (Å²) in [6, 6.07) is 12.3. The summed E-state index contributed by atoms with van der Waals surface area (Å²) in [5.74, 6) is 0.937. The van der Waals surface area contributed by atoms with Crippen molar-refractivity contribution < 1.29 is 14.3 Å². The smallest absolute Gasteiger partial charge is 0.228 e. The van der Waals surface area contributed by atoms with Crippen molar-refractivity contribution in [2.45, 2.75) is 32.8 Å². The Morgan fingerprint density at radius 3 is 2.87 bits per heavy atom. The number of amides is 1. The van der Waals surface area contributed by atoms with E-state index in [4.69, 9.17) is 14.5 Å². The van der Waals surface area contributed by atoms with Gasteiger partial charge in [0.2, 0.25) is 5.91 Å². The van der Waals surface area contributed by atoms with Crippen LogP contribution in [0.4, 0.5) is 0 Å². The number of thiazole rings is 1. The number of ether oxygens (including phenoxy) is 2. The molecule has 0 bridgehead atoms. The lowest BCUT2D eigenvalue weighted by atomic mass is 10.0. The summed E-state index contributed by atoms with van der Waals surface area (Å²) >= 11 is 1.57. The van der Waals surface area contributed by atoms with E-state index in [1.54, 1.807) is 18.4 Å². The highest BCUT2D eigenvalue weighted by Crippen LogP contribution is 2.24. The summed E-state index contributed by atoms with van der Waals surface area (Å²) in [4.78, 5) is 23.8. The first-order valence-electron chi connectivity index (χ1n) is 10.4. The van der Waals surface area contributed by atoms with E-state index in [0.29, 0.717) is 26.1 Å². The summed E-state index contributed by atoms with van der Waals surface area (Å²) in [5, 5.41) is 2.94. The van der Waals surface area contributed by atoms with Gasteiger partial charge in [0.15, 0.2) is 0 Å². The van der Waals surface area contributed by atoms with Gasteiger partial charge < -0.3 is 14.4 Å². The van der Waals surface area contributed by atoms with Crippen molar-refractivity contribution >= 4 is 17.2 Å². The van der Waals surface area contributed by atoms with Gasteiger partial charge in [0.25, 0.3) is 0 Å². The molecule has 2 aromatic heterocycles. The summed E-state index contributed by atoms with van der Waals surface area (Å²) in [6.45, 7) is 5.57. The fourth-order valence-corrected chi connectivity index (χ4v) is 4.48. The van der Waals surface area contributed by atoms with E-state index in [9.17, 15) is 4.79 Å². The van der Waals surface area contributed by atoms with Crippen LogP contribution in [-0.2, 0) is 22.4 Å². The Morgan fingerprint density at radius 1 is 1.23 bits per heavy atom. The molecule has 1 atom stereocenters. The molecule has 3 heterocycles. The number of aryl methyl sites for hydroxylation is 2. The van der Waals surface area contributed by atoms with E-state index in [-0.39, 0.29) is 12.0 Å². The summed E-state index contributed by atoms with van der Waals surface area (Å²) in [7, 11) is 1.68. The predicted octanol–water partition coefficient (Wildman–Crippen LogP) is 3.90. The van der Waals surface area contributed by atoms with Gasteiger partial charge in [-0.2, -0.15) is 0 Å². The van der Waals surface area contributed by atoms with Gasteiger partial charge >= 0.3 is 0 Å². The topological polar surface area (TPSA) is 64.5 Å². The highest BCUT2D eigenvalue weighted by atomic mass is 32.1. The molecule has 0 radical (unpaired) electrons. The lowest BCUT2D eigenvalue weighted by Crippen LogP contribution is -2.43. The molecule has 0 spiro atoms. The molecule has 1 saturated heterocycles. The van der Waals surface area contributed by atoms with Gasteiger partial charge in [-0.15, -0.1) is 11.3 Å². The summed E-state index contributed by atoms with van der Waals surface area (Å²) < 4.78 is 11.3. The molecule has 0 aliphatic carbocycles. The Morgan fingerprint density at radius 2 is 2.10 bits per heavy atom. The number of rotatable bonds is 6. The zero-order valence-electron chi connectivity index (χ0n) is 18.1. The lowest BCUT2D eigenvalue weighted by Gasteiger charge is -2.33. The van der Waals surface area contributed by atoms with Crippen molar-refractivity contribution in [2.75, 3.05) is 26.8 Å². The Bertz CT molecular complexity index is 1070. The van der Waals surface area contributed by atoms with Crippen LogP contribution >= 0.6 is 11.3 Å². The van der Waals surface area contributed by atoms with Gasteiger partial charge in [0.1, 0.15) is 11.9 Å². The molecule has 1 aromatic carbocycles. The van der Waals surface area contributed by atoms with Gasteiger partial charge in [-0.05, 0) is 55.7 Å². The van der Waals surface area contributed by atoms with E-state index in [1.165, 1.54) is 11.1 Å². The average Bonchev–Trinajstić information content (AvgIpc) is 3.18. The zero-order valence-corrected chi connectivity index (χ0v) is 18.9. The van der Waals surface area contributed by atoms with Crippen LogP contribution in [0.5, 0.6) is 5.75 Å². The maximum absolute atomic E-state index is 12.8. The number of methoxy groups -OCH3 is 1. The zero-order chi connectivity index (χ0) is 21.8. The first-order valence-corrected chi connectivity index (χ1v) is 11.3. The predicted molar refractivity (Wildman–Crippen MR) is 121 cm³/mol. The molecule has 1 aliphatic rings. The molecule has 4 rings (SSSR count). The van der Waals surface area contributed by atoms with Crippen LogP contribution in [0.1, 0.15) is 39.3 Å². The van der Waals surface area contributed by atoms with E-state index in [0.717, 1.165) is 34.3 Å². The molecule has 1 fully saturated rings. The fraction of sp³-hybridized carbons (Fsp3) is 0.375. The molecular formula is C24H27N3O3S. The van der Waals surface area contributed by atoms with E-state index in [1.807, 2.05) is 42.3 Å². The monoisotopic (exact) mass is 437 g/mol. The quantitative estimate of drug-likeness (QED) is 0.585. The second-order valence-electron chi connectivity index (χ2n) is 7.80. The second kappa shape index (κ2) is 9.58. The van der Waals surface area contributed by atoms with Crippen LogP contribution < -0.4 is 4.74 Å². The maximum Gasteiger partial charge on any atom is 0.228 e. The summed E-state index contributed by atoms with van der Waals surface area (Å²) in [5.41, 5.74) is 5.00. The number of morpholine rings is 1. The Balaban J connectivity index is 1.47. The molecule has 0 N–H and O–H groups in total. The van der Waals surface area contributed by atoms with E-state index >= 15 is 0 Å². The molecule has 31 heavy (non-hydrogen) atoms. The molecule has 0 saturated carbocycles. The average molecular weight is 438 g/mol. The third-order valence-electron chi connectivity index (χ3n) is 5.32. The van der Waals surface area contributed by atoms with Crippen molar-refractivity contribution in [1.29, 1.82) is 0 Å². The number of nitrogens with zero attached hydrogens (tertiary/aromatic N) is 3. The normalized spacial score (nSPS) is 16.4. The number of carbonyl (C=O) groups is 1. The van der Waals surface area contributed by atoms with Gasteiger partial charge in [-0.3, -0.25) is 9.78 Å². The third-order valence-corrected chi connectivity index (χ3v) is 6.15. The fourth-order valence-electron chi connectivity index (χ4n) is 3.86. The van der Waals surface area contributed by atoms with Crippen LogP contribution in [0.2, 0.25) is 0 Å². The first-order chi connectivity index (χ1) is 15.0. The van der Waals surface area contributed by atoms with E-state index < -0.39 is 0 Å². The number of pyridine rings is 1. The van der Waals surface area contributed by atoms with Gasteiger partial charge in [0, 0.05) is 17.6 Å². The number of hydrogen-bond donors (Lipinski definition) is 0. The Kier molecular flexibility index (Phi) is 6.63. The Labute approximate surface area is 186 Å². The third kappa shape index (κ3) is 5.48. The van der Waals surface area contributed by atoms with Crippen molar-refractivity contribution in [1.82, 2.24) is 14.9 Å². The van der Waals surface area contributed by atoms with Gasteiger partial charge in [-0.25, -0.2) is 4.98 Å². The largest absolute Gasteiger partial charge is 0.497 e. The molecule has 3 aromatic rings.